The van der Waals surface area contributed by atoms with Crippen LogP contribution in [0.3, 0.4) is 0 Å². The highest BCUT2D eigenvalue weighted by Gasteiger charge is 2.22. The van der Waals surface area contributed by atoms with Gasteiger partial charge >= 0.3 is 6.09 Å². The van der Waals surface area contributed by atoms with Gasteiger partial charge in [-0.25, -0.2) is 4.79 Å². The molecule has 1 aliphatic rings. The lowest BCUT2D eigenvalue weighted by Crippen LogP contribution is -2.33. The van der Waals surface area contributed by atoms with Gasteiger partial charge in [0.1, 0.15) is 18.1 Å². The predicted molar refractivity (Wildman–Crippen MR) is 165 cm³/mol. The predicted octanol–water partition coefficient (Wildman–Crippen LogP) is 6.04. The molecule has 0 spiro atoms. The van der Waals surface area contributed by atoms with E-state index in [1.165, 1.54) is 0 Å². The van der Waals surface area contributed by atoms with Crippen molar-refractivity contribution in [2.45, 2.75) is 31.9 Å². The van der Waals surface area contributed by atoms with Crippen molar-refractivity contribution >= 4 is 12.0 Å². The van der Waals surface area contributed by atoms with Gasteiger partial charge in [-0.15, -0.1) is 0 Å². The van der Waals surface area contributed by atoms with Crippen LogP contribution in [0.4, 0.5) is 4.79 Å². The molecule has 1 heterocycles. The molecular formula is C35H36N2O7. The molecule has 1 saturated heterocycles. The van der Waals surface area contributed by atoms with E-state index in [1.54, 1.807) is 24.1 Å². The van der Waals surface area contributed by atoms with Crippen molar-refractivity contribution in [1.29, 1.82) is 0 Å². The summed E-state index contributed by atoms with van der Waals surface area (Å²) in [6.07, 6.45) is -0.841. The normalized spacial score (nSPS) is 13.7. The Kier molecular flexibility index (Phi) is 10.5. The number of carboxylic acid groups (broad SMARTS) is 1. The molecular weight excluding hydrogens is 560 g/mol. The number of rotatable bonds is 13. The van der Waals surface area contributed by atoms with E-state index < -0.39 is 12.1 Å². The molecule has 1 aliphatic heterocycles. The number of carbonyl (C=O) groups excluding carboxylic acids is 1. The highest BCUT2D eigenvalue weighted by atomic mass is 16.7. The lowest BCUT2D eigenvalue weighted by molar-refractivity contribution is -0.0505. The Balaban J connectivity index is 1.25. The van der Waals surface area contributed by atoms with Crippen LogP contribution >= 0.6 is 0 Å². The third-order valence-electron chi connectivity index (χ3n) is 7.32. The van der Waals surface area contributed by atoms with Gasteiger partial charge in [0, 0.05) is 25.1 Å². The molecule has 2 N–H and O–H groups in total. The molecule has 1 unspecified atom stereocenters. The molecule has 0 saturated carbocycles. The summed E-state index contributed by atoms with van der Waals surface area (Å²) in [7, 11) is 1.62. The average Bonchev–Trinajstić information content (AvgIpc) is 3.59. The number of nitrogens with one attached hydrogen (secondary N) is 1. The van der Waals surface area contributed by atoms with Gasteiger partial charge in [0.05, 0.1) is 26.4 Å². The van der Waals surface area contributed by atoms with Crippen molar-refractivity contribution in [3.63, 3.8) is 0 Å². The minimum Gasteiger partial charge on any atom is -0.497 e. The Morgan fingerprint density at radius 2 is 1.57 bits per heavy atom. The zero-order chi connectivity index (χ0) is 30.7. The molecule has 1 fully saturated rings. The first kappa shape index (κ1) is 30.6. The first-order chi connectivity index (χ1) is 21.5. The summed E-state index contributed by atoms with van der Waals surface area (Å²) in [5.41, 5.74) is 4.02. The number of nitrogens with zero attached hydrogens (tertiary/aromatic N) is 1. The average molecular weight is 597 g/mol. The minimum atomic E-state index is -1.11. The number of hydrogen-bond acceptors (Lipinski definition) is 6. The highest BCUT2D eigenvalue weighted by molar-refractivity contribution is 5.94. The van der Waals surface area contributed by atoms with Crippen molar-refractivity contribution in [1.82, 2.24) is 10.2 Å². The van der Waals surface area contributed by atoms with E-state index >= 15 is 0 Å². The Hall–Kier alpha value is -4.86. The van der Waals surface area contributed by atoms with Crippen LogP contribution in [0.5, 0.6) is 11.5 Å². The van der Waals surface area contributed by atoms with Gasteiger partial charge in [-0.3, -0.25) is 4.79 Å². The number of amides is 2. The van der Waals surface area contributed by atoms with Gasteiger partial charge in [-0.05, 0) is 58.7 Å². The fraction of sp³-hybridized carbons (Fsp3) is 0.257. The Morgan fingerprint density at radius 1 is 0.864 bits per heavy atom. The van der Waals surface area contributed by atoms with Gasteiger partial charge in [0.2, 0.25) is 0 Å². The van der Waals surface area contributed by atoms with Crippen molar-refractivity contribution in [2.24, 2.45) is 0 Å². The number of ether oxygens (including phenoxy) is 4. The lowest BCUT2D eigenvalue weighted by atomic mass is 9.98. The second-order valence-electron chi connectivity index (χ2n) is 10.4. The molecule has 2 amide bonds. The van der Waals surface area contributed by atoms with Crippen molar-refractivity contribution in [3.8, 4) is 11.5 Å². The quantitative estimate of drug-likeness (QED) is 0.194. The van der Waals surface area contributed by atoms with Gasteiger partial charge in [-0.2, -0.15) is 0 Å². The van der Waals surface area contributed by atoms with E-state index in [1.807, 2.05) is 91.0 Å². The summed E-state index contributed by atoms with van der Waals surface area (Å²) in [6.45, 7) is 2.31. The number of methoxy groups -OCH3 is 1. The molecule has 228 valence electrons. The Labute approximate surface area is 256 Å². The highest BCUT2D eigenvalue weighted by Crippen LogP contribution is 2.26. The Morgan fingerprint density at radius 3 is 2.30 bits per heavy atom. The lowest BCUT2D eigenvalue weighted by Gasteiger charge is -2.24. The molecule has 5 rings (SSSR count). The van der Waals surface area contributed by atoms with Crippen LogP contribution in [-0.2, 0) is 22.6 Å². The molecule has 9 nitrogen and oxygen atoms in total. The summed E-state index contributed by atoms with van der Waals surface area (Å²) in [5, 5.41) is 12.0. The SMILES string of the molecule is COc1cccc(CN(CCC2OCCO2)C(=O)c2ccc(COc3cccc(C(NC(=O)O)c4ccccc4)c3)cc2)c1. The van der Waals surface area contributed by atoms with Crippen LogP contribution in [0.1, 0.15) is 45.1 Å². The zero-order valence-corrected chi connectivity index (χ0v) is 24.6. The smallest absolute Gasteiger partial charge is 0.405 e. The van der Waals surface area contributed by atoms with E-state index in [0.29, 0.717) is 44.0 Å². The molecule has 0 bridgehead atoms. The number of benzene rings is 4. The van der Waals surface area contributed by atoms with E-state index in [9.17, 15) is 14.7 Å². The van der Waals surface area contributed by atoms with Crippen LogP contribution in [-0.4, -0.2) is 55.2 Å². The maximum Gasteiger partial charge on any atom is 0.405 e. The maximum atomic E-state index is 13.6. The third kappa shape index (κ3) is 8.37. The van der Waals surface area contributed by atoms with Crippen LogP contribution in [0, 0.1) is 0 Å². The molecule has 0 aliphatic carbocycles. The largest absolute Gasteiger partial charge is 0.497 e. The van der Waals surface area contributed by atoms with E-state index in [4.69, 9.17) is 18.9 Å². The number of hydrogen-bond donors (Lipinski definition) is 2. The zero-order valence-electron chi connectivity index (χ0n) is 24.6. The van der Waals surface area contributed by atoms with Gasteiger partial charge in [0.15, 0.2) is 6.29 Å². The number of carbonyl (C=O) groups is 2. The molecule has 0 radical (unpaired) electrons. The standard InChI is InChI=1S/C35H36N2O7/c1-41-30-11-5-7-26(21-30)23-37(18-17-32-42-19-20-43-32)34(38)28-15-13-25(14-16-28)24-44-31-12-6-10-29(22-31)33(36-35(39)40)27-8-3-2-4-9-27/h2-16,21-22,32-33,36H,17-20,23-24H2,1H3,(H,39,40). The maximum absolute atomic E-state index is 13.6. The summed E-state index contributed by atoms with van der Waals surface area (Å²) >= 11 is 0. The van der Waals surface area contributed by atoms with Crippen molar-refractivity contribution in [2.75, 3.05) is 26.9 Å². The molecule has 4 aromatic rings. The van der Waals surface area contributed by atoms with Crippen LogP contribution in [0.15, 0.2) is 103 Å². The summed E-state index contributed by atoms with van der Waals surface area (Å²) < 4.78 is 22.6. The fourth-order valence-corrected chi connectivity index (χ4v) is 5.08. The van der Waals surface area contributed by atoms with Crippen molar-refractivity contribution in [3.05, 3.63) is 131 Å². The molecule has 4 aromatic carbocycles. The first-order valence-corrected chi connectivity index (χ1v) is 14.5. The van der Waals surface area contributed by atoms with Gasteiger partial charge in [-0.1, -0.05) is 66.7 Å². The van der Waals surface area contributed by atoms with Crippen molar-refractivity contribution < 1.29 is 33.6 Å². The third-order valence-corrected chi connectivity index (χ3v) is 7.32. The van der Waals surface area contributed by atoms with Gasteiger partial charge < -0.3 is 34.3 Å². The van der Waals surface area contributed by atoms with Gasteiger partial charge in [0.25, 0.3) is 5.91 Å². The summed E-state index contributed by atoms with van der Waals surface area (Å²) in [5.74, 6) is 1.25. The summed E-state index contributed by atoms with van der Waals surface area (Å²) in [4.78, 5) is 26.9. The molecule has 9 heteroatoms. The van der Waals surface area contributed by atoms with Crippen LogP contribution in [0.2, 0.25) is 0 Å². The van der Waals surface area contributed by atoms with E-state index in [2.05, 4.69) is 5.32 Å². The van der Waals surface area contributed by atoms with Crippen LogP contribution in [0.25, 0.3) is 0 Å². The monoisotopic (exact) mass is 596 g/mol. The molecule has 1 atom stereocenters. The second kappa shape index (κ2) is 15.0. The second-order valence-corrected chi connectivity index (χ2v) is 10.4. The minimum absolute atomic E-state index is 0.0936. The van der Waals surface area contributed by atoms with E-state index in [-0.39, 0.29) is 18.8 Å². The molecule has 0 aromatic heterocycles. The molecule has 44 heavy (non-hydrogen) atoms. The van der Waals surface area contributed by atoms with E-state index in [0.717, 1.165) is 28.0 Å². The fourth-order valence-electron chi connectivity index (χ4n) is 5.08. The topological polar surface area (TPSA) is 107 Å². The first-order valence-electron chi connectivity index (χ1n) is 14.5. The van der Waals surface area contributed by atoms with Crippen LogP contribution < -0.4 is 14.8 Å². The Bertz CT molecular complexity index is 1520. The summed E-state index contributed by atoms with van der Waals surface area (Å²) in [6, 6.07) is 31.3.